The van der Waals surface area contributed by atoms with Gasteiger partial charge in [-0.25, -0.2) is 14.4 Å². The summed E-state index contributed by atoms with van der Waals surface area (Å²) in [5, 5.41) is 6.75. The lowest BCUT2D eigenvalue weighted by Gasteiger charge is -2.42. The molecular weight excluding hydrogens is 357 g/mol. The highest BCUT2D eigenvalue weighted by Gasteiger charge is 2.36. The van der Waals surface area contributed by atoms with E-state index in [0.29, 0.717) is 17.6 Å². The van der Waals surface area contributed by atoms with Crippen LogP contribution in [0.15, 0.2) is 41.9 Å². The number of aromatic nitrogens is 2. The lowest BCUT2D eigenvalue weighted by atomic mass is 9.67. The van der Waals surface area contributed by atoms with Crippen molar-refractivity contribution in [3.05, 3.63) is 48.3 Å². The molecule has 2 N–H and O–H groups in total. The number of benzene rings is 1. The Balaban J connectivity index is 1.61. The number of imidazole rings is 1. The lowest BCUT2D eigenvalue weighted by Crippen LogP contribution is -2.46. The second kappa shape index (κ2) is 9.68. The van der Waals surface area contributed by atoms with Gasteiger partial charge in [-0.15, -0.1) is 0 Å². The second-order valence-electron chi connectivity index (χ2n) is 7.40. The molecule has 0 bridgehead atoms. The van der Waals surface area contributed by atoms with E-state index in [1.807, 2.05) is 13.0 Å². The van der Waals surface area contributed by atoms with Crippen molar-refractivity contribution in [1.82, 2.24) is 20.2 Å². The van der Waals surface area contributed by atoms with Gasteiger partial charge in [-0.2, -0.15) is 0 Å². The highest BCUT2D eigenvalue weighted by Crippen LogP contribution is 2.43. The minimum Gasteiger partial charge on any atom is -0.385 e. The van der Waals surface area contributed by atoms with Gasteiger partial charge in [-0.3, -0.25) is 0 Å². The van der Waals surface area contributed by atoms with E-state index >= 15 is 0 Å². The van der Waals surface area contributed by atoms with Crippen LogP contribution in [0.2, 0.25) is 0 Å². The molecule has 1 aliphatic carbocycles. The maximum atomic E-state index is 14.4. The summed E-state index contributed by atoms with van der Waals surface area (Å²) in [6.45, 7) is 4.92. The molecule has 7 heteroatoms. The second-order valence-corrected chi connectivity index (χ2v) is 7.40. The molecule has 3 rings (SSSR count). The van der Waals surface area contributed by atoms with Crippen LogP contribution in [0, 0.1) is 11.2 Å². The van der Waals surface area contributed by atoms with E-state index in [-0.39, 0.29) is 5.82 Å². The van der Waals surface area contributed by atoms with Gasteiger partial charge in [-0.1, -0.05) is 12.5 Å². The van der Waals surface area contributed by atoms with Crippen LogP contribution in [0.4, 0.5) is 4.39 Å². The normalized spacial score (nSPS) is 15.9. The van der Waals surface area contributed by atoms with E-state index in [1.165, 1.54) is 25.3 Å². The number of guanidine groups is 1. The Hall–Kier alpha value is -2.41. The largest absolute Gasteiger partial charge is 0.385 e. The average Bonchev–Trinajstić information content (AvgIpc) is 3.19. The highest BCUT2D eigenvalue weighted by molar-refractivity contribution is 5.79. The minimum atomic E-state index is -0.281. The van der Waals surface area contributed by atoms with Gasteiger partial charge in [0.05, 0.1) is 18.6 Å². The predicted molar refractivity (Wildman–Crippen MR) is 109 cm³/mol. The number of aliphatic imine (C=N–C) groups is 1. The molecule has 1 fully saturated rings. The van der Waals surface area contributed by atoms with Gasteiger partial charge in [0.25, 0.3) is 0 Å². The average molecular weight is 388 g/mol. The Morgan fingerprint density at radius 1 is 1.36 bits per heavy atom. The van der Waals surface area contributed by atoms with E-state index in [1.54, 1.807) is 36.5 Å². The summed E-state index contributed by atoms with van der Waals surface area (Å²) in [6.07, 6.45) is 9.74. The van der Waals surface area contributed by atoms with Crippen molar-refractivity contribution >= 4 is 5.96 Å². The maximum absolute atomic E-state index is 14.4. The third kappa shape index (κ3) is 5.10. The summed E-state index contributed by atoms with van der Waals surface area (Å²) in [6, 6.07) is 5.20. The Labute approximate surface area is 166 Å². The quantitative estimate of drug-likeness (QED) is 0.512. The van der Waals surface area contributed by atoms with Crippen LogP contribution in [0.5, 0.6) is 0 Å². The van der Waals surface area contributed by atoms with Crippen molar-refractivity contribution in [3.8, 4) is 5.69 Å². The van der Waals surface area contributed by atoms with Crippen molar-refractivity contribution in [3.63, 3.8) is 0 Å². The SMILES string of the molecule is CCNC(=NCc1ccc(-n2ccnc2)c(F)c1)NCC1(CCOC)CCC1. The summed E-state index contributed by atoms with van der Waals surface area (Å²) < 4.78 is 21.3. The van der Waals surface area contributed by atoms with Crippen LogP contribution in [0.1, 0.15) is 38.2 Å². The number of nitrogens with one attached hydrogen (secondary N) is 2. The van der Waals surface area contributed by atoms with Gasteiger partial charge in [0.15, 0.2) is 5.96 Å². The zero-order chi connectivity index (χ0) is 19.8. The monoisotopic (exact) mass is 387 g/mol. The molecule has 1 aliphatic rings. The summed E-state index contributed by atoms with van der Waals surface area (Å²) in [7, 11) is 1.75. The molecule has 0 amide bonds. The topological polar surface area (TPSA) is 63.5 Å². The molecule has 0 radical (unpaired) electrons. The predicted octanol–water partition coefficient (Wildman–Crippen LogP) is 3.27. The summed E-state index contributed by atoms with van der Waals surface area (Å²) in [5.74, 6) is 0.488. The number of hydrogen-bond acceptors (Lipinski definition) is 3. The third-order valence-electron chi connectivity index (χ3n) is 5.44. The minimum absolute atomic E-state index is 0.281. The lowest BCUT2D eigenvalue weighted by molar-refractivity contribution is 0.0732. The molecule has 1 heterocycles. The Morgan fingerprint density at radius 2 is 2.21 bits per heavy atom. The standard InChI is InChI=1S/C21H30FN5O/c1-3-24-20(26-15-21(7-4-8-21)9-12-28-2)25-14-17-5-6-19(18(22)13-17)27-11-10-23-16-27/h5-6,10-11,13,16H,3-4,7-9,12,14-15H2,1-2H3,(H2,24,25,26). The number of hydrogen-bond donors (Lipinski definition) is 2. The Kier molecular flexibility index (Phi) is 7.03. The fourth-order valence-corrected chi connectivity index (χ4v) is 3.55. The Morgan fingerprint density at radius 3 is 2.82 bits per heavy atom. The zero-order valence-corrected chi connectivity index (χ0v) is 16.7. The van der Waals surface area contributed by atoms with Crippen LogP contribution >= 0.6 is 0 Å². The fourth-order valence-electron chi connectivity index (χ4n) is 3.55. The zero-order valence-electron chi connectivity index (χ0n) is 16.7. The molecule has 0 saturated heterocycles. The molecule has 28 heavy (non-hydrogen) atoms. The van der Waals surface area contributed by atoms with E-state index in [0.717, 1.165) is 37.6 Å². The van der Waals surface area contributed by atoms with Crippen LogP contribution in [0.25, 0.3) is 5.69 Å². The maximum Gasteiger partial charge on any atom is 0.191 e. The van der Waals surface area contributed by atoms with Crippen molar-refractivity contribution in [2.24, 2.45) is 10.4 Å². The first-order valence-corrected chi connectivity index (χ1v) is 9.94. The van der Waals surface area contributed by atoms with Crippen molar-refractivity contribution in [2.45, 2.75) is 39.2 Å². The van der Waals surface area contributed by atoms with Crippen LogP contribution in [-0.2, 0) is 11.3 Å². The van der Waals surface area contributed by atoms with Crippen molar-refractivity contribution in [2.75, 3.05) is 26.8 Å². The number of halogens is 1. The first-order valence-electron chi connectivity index (χ1n) is 9.94. The van der Waals surface area contributed by atoms with E-state index in [9.17, 15) is 4.39 Å². The van der Waals surface area contributed by atoms with Crippen molar-refractivity contribution in [1.29, 1.82) is 0 Å². The van der Waals surface area contributed by atoms with E-state index < -0.39 is 0 Å². The Bertz CT molecular complexity index is 771. The summed E-state index contributed by atoms with van der Waals surface area (Å²) in [5.41, 5.74) is 1.63. The molecule has 0 atom stereocenters. The smallest absolute Gasteiger partial charge is 0.191 e. The molecule has 1 saturated carbocycles. The van der Waals surface area contributed by atoms with Crippen LogP contribution in [0.3, 0.4) is 0 Å². The van der Waals surface area contributed by atoms with Gasteiger partial charge in [-0.05, 0) is 49.3 Å². The number of rotatable bonds is 9. The first kappa shape index (κ1) is 20.3. The van der Waals surface area contributed by atoms with E-state index in [4.69, 9.17) is 4.74 Å². The number of ether oxygens (including phenoxy) is 1. The van der Waals surface area contributed by atoms with Crippen LogP contribution < -0.4 is 10.6 Å². The summed E-state index contributed by atoms with van der Waals surface area (Å²) in [4.78, 5) is 8.60. The van der Waals surface area contributed by atoms with Gasteiger partial charge in [0, 0.05) is 39.2 Å². The highest BCUT2D eigenvalue weighted by atomic mass is 19.1. The molecule has 0 aliphatic heterocycles. The third-order valence-corrected chi connectivity index (χ3v) is 5.44. The van der Waals surface area contributed by atoms with Crippen LogP contribution in [-0.4, -0.2) is 42.3 Å². The van der Waals surface area contributed by atoms with Gasteiger partial charge < -0.3 is 19.9 Å². The van der Waals surface area contributed by atoms with Gasteiger partial charge >= 0.3 is 0 Å². The molecule has 0 unspecified atom stereocenters. The molecule has 6 nitrogen and oxygen atoms in total. The molecule has 152 valence electrons. The molecule has 0 spiro atoms. The molecule has 1 aromatic carbocycles. The number of nitrogens with zero attached hydrogens (tertiary/aromatic N) is 3. The summed E-state index contributed by atoms with van der Waals surface area (Å²) >= 11 is 0. The molecular formula is C21H30FN5O. The molecule has 2 aromatic rings. The fraction of sp³-hybridized carbons (Fsp3) is 0.524. The molecule has 1 aromatic heterocycles. The first-order chi connectivity index (χ1) is 13.7. The van der Waals surface area contributed by atoms with Gasteiger partial charge in [0.1, 0.15) is 5.82 Å². The van der Waals surface area contributed by atoms with Gasteiger partial charge in [0.2, 0.25) is 0 Å². The van der Waals surface area contributed by atoms with Crippen molar-refractivity contribution < 1.29 is 9.13 Å². The number of methoxy groups -OCH3 is 1. The van der Waals surface area contributed by atoms with E-state index in [2.05, 4.69) is 20.6 Å².